The van der Waals surface area contributed by atoms with Gasteiger partial charge >= 0.3 is 6.18 Å². The Balaban J connectivity index is 1.58. The summed E-state index contributed by atoms with van der Waals surface area (Å²) in [5.74, 6) is -1.05. The zero-order valence-electron chi connectivity index (χ0n) is 19.3. The highest BCUT2D eigenvalue weighted by Gasteiger charge is 2.34. The van der Waals surface area contributed by atoms with Gasteiger partial charge in [-0.2, -0.15) is 13.2 Å². The maximum Gasteiger partial charge on any atom is 0.451 e. The Bertz CT molecular complexity index is 1160. The van der Waals surface area contributed by atoms with Gasteiger partial charge in [0.25, 0.3) is 5.91 Å². The molecule has 0 radical (unpaired) electrons. The smallest absolute Gasteiger partial charge is 0.451 e. The molecule has 35 heavy (non-hydrogen) atoms. The summed E-state index contributed by atoms with van der Waals surface area (Å²) in [5.41, 5.74) is 1.51. The van der Waals surface area contributed by atoms with Gasteiger partial charge in [-0.1, -0.05) is 6.92 Å². The second-order valence-corrected chi connectivity index (χ2v) is 9.46. The molecule has 11 heteroatoms. The van der Waals surface area contributed by atoms with Gasteiger partial charge in [-0.3, -0.25) is 4.79 Å². The number of nitrogens with zero attached hydrogens (tertiary/aromatic N) is 3. The van der Waals surface area contributed by atoms with Gasteiger partial charge in [-0.05, 0) is 31.5 Å². The van der Waals surface area contributed by atoms with Crippen molar-refractivity contribution in [1.29, 1.82) is 0 Å². The minimum atomic E-state index is -4.63. The van der Waals surface area contributed by atoms with Crippen molar-refractivity contribution in [3.8, 4) is 16.3 Å². The number of aromatic nitrogens is 3. The van der Waals surface area contributed by atoms with Crippen LogP contribution in [0, 0.1) is 6.92 Å². The molecule has 4 rings (SSSR count). The SMILES string of the molecule is CCC(NC(=O)c1cc(OC2CCOCC2)cc(-c2ncc(C)s2)c1)c1cnc(C(F)(F)F)nc1. The summed E-state index contributed by atoms with van der Waals surface area (Å²) in [7, 11) is 0. The first-order valence-corrected chi connectivity index (χ1v) is 12.1. The largest absolute Gasteiger partial charge is 0.490 e. The molecule has 3 heterocycles. The Morgan fingerprint density at radius 1 is 1.17 bits per heavy atom. The fourth-order valence-electron chi connectivity index (χ4n) is 3.72. The number of ether oxygens (including phenoxy) is 2. The van der Waals surface area contributed by atoms with Crippen molar-refractivity contribution < 1.29 is 27.4 Å². The van der Waals surface area contributed by atoms with E-state index in [1.807, 2.05) is 19.9 Å². The number of thiazole rings is 1. The van der Waals surface area contributed by atoms with Crippen molar-refractivity contribution in [2.45, 2.75) is 51.4 Å². The van der Waals surface area contributed by atoms with E-state index >= 15 is 0 Å². The molecule has 1 fully saturated rings. The lowest BCUT2D eigenvalue weighted by Gasteiger charge is -2.24. The van der Waals surface area contributed by atoms with Crippen molar-refractivity contribution in [1.82, 2.24) is 20.3 Å². The lowest BCUT2D eigenvalue weighted by atomic mass is 10.1. The minimum Gasteiger partial charge on any atom is -0.490 e. The van der Waals surface area contributed by atoms with E-state index in [0.717, 1.165) is 40.7 Å². The number of carbonyl (C=O) groups is 1. The molecule has 1 aliphatic rings. The van der Waals surface area contributed by atoms with Crippen LogP contribution in [0.15, 0.2) is 36.8 Å². The number of hydrogen-bond acceptors (Lipinski definition) is 7. The molecule has 2 aromatic heterocycles. The fourth-order valence-corrected chi connectivity index (χ4v) is 4.47. The third kappa shape index (κ3) is 6.34. The molecular formula is C24H25F3N4O3S. The van der Waals surface area contributed by atoms with Crippen molar-refractivity contribution in [2.75, 3.05) is 13.2 Å². The van der Waals surface area contributed by atoms with Crippen molar-refractivity contribution >= 4 is 17.2 Å². The molecule has 1 unspecified atom stereocenters. The summed E-state index contributed by atoms with van der Waals surface area (Å²) in [6.45, 7) is 5.01. The number of carbonyl (C=O) groups excluding carboxylic acids is 1. The zero-order valence-corrected chi connectivity index (χ0v) is 20.1. The van der Waals surface area contributed by atoms with E-state index in [4.69, 9.17) is 9.47 Å². The highest BCUT2D eigenvalue weighted by atomic mass is 32.1. The second-order valence-electron chi connectivity index (χ2n) is 8.22. The van der Waals surface area contributed by atoms with E-state index in [2.05, 4.69) is 20.3 Å². The first-order valence-electron chi connectivity index (χ1n) is 11.2. The van der Waals surface area contributed by atoms with Crippen molar-refractivity contribution in [3.63, 3.8) is 0 Å². The summed E-state index contributed by atoms with van der Waals surface area (Å²) in [4.78, 5) is 25.5. The predicted molar refractivity (Wildman–Crippen MR) is 124 cm³/mol. The number of alkyl halides is 3. The van der Waals surface area contributed by atoms with Gasteiger partial charge in [0.2, 0.25) is 5.82 Å². The van der Waals surface area contributed by atoms with E-state index in [9.17, 15) is 18.0 Å². The minimum absolute atomic E-state index is 0.0133. The maximum absolute atomic E-state index is 13.2. The molecule has 1 aliphatic heterocycles. The van der Waals surface area contributed by atoms with Crippen LogP contribution in [0.25, 0.3) is 10.6 Å². The fraction of sp³-hybridized carbons (Fsp3) is 0.417. The lowest BCUT2D eigenvalue weighted by Crippen LogP contribution is -2.29. The normalized spacial score (nSPS) is 15.6. The van der Waals surface area contributed by atoms with E-state index in [0.29, 0.717) is 36.5 Å². The third-order valence-corrected chi connectivity index (χ3v) is 6.51. The second kappa shape index (κ2) is 10.7. The summed E-state index contributed by atoms with van der Waals surface area (Å²) in [5, 5.41) is 3.64. The van der Waals surface area contributed by atoms with Crippen LogP contribution in [0.5, 0.6) is 5.75 Å². The molecule has 3 aromatic rings. The van der Waals surface area contributed by atoms with Gasteiger partial charge in [-0.25, -0.2) is 15.0 Å². The van der Waals surface area contributed by atoms with Gasteiger partial charge in [0.15, 0.2) is 0 Å². The quantitative estimate of drug-likeness (QED) is 0.464. The number of amides is 1. The van der Waals surface area contributed by atoms with Gasteiger partial charge in [0, 0.05) is 53.0 Å². The van der Waals surface area contributed by atoms with Crippen LogP contribution in [-0.4, -0.2) is 40.2 Å². The summed E-state index contributed by atoms with van der Waals surface area (Å²) < 4.78 is 50.0. The van der Waals surface area contributed by atoms with E-state index in [-0.39, 0.29) is 12.0 Å². The van der Waals surface area contributed by atoms with Crippen LogP contribution in [0.1, 0.15) is 58.9 Å². The standard InChI is InChI=1S/C24H25F3N4O3S/c1-3-20(17-12-29-23(30-13-17)24(25,26)27)31-21(32)15-8-16(22-28-11-14(2)35-22)10-19(9-15)34-18-4-6-33-7-5-18/h8-13,18,20H,3-7H2,1-2H3,(H,31,32). The van der Waals surface area contributed by atoms with Crippen molar-refractivity contribution in [3.05, 3.63) is 58.6 Å². The topological polar surface area (TPSA) is 86.2 Å². The Hall–Kier alpha value is -3.05. The predicted octanol–water partition coefficient (Wildman–Crippen LogP) is 5.37. The van der Waals surface area contributed by atoms with Gasteiger partial charge in [0.1, 0.15) is 16.9 Å². The molecule has 1 N–H and O–H groups in total. The van der Waals surface area contributed by atoms with Crippen LogP contribution in [0.4, 0.5) is 13.2 Å². The number of nitrogens with one attached hydrogen (secondary N) is 1. The van der Waals surface area contributed by atoms with E-state index < -0.39 is 18.0 Å². The van der Waals surface area contributed by atoms with Crippen LogP contribution < -0.4 is 10.1 Å². The molecule has 7 nitrogen and oxygen atoms in total. The molecule has 0 spiro atoms. The number of benzene rings is 1. The first-order chi connectivity index (χ1) is 16.7. The van der Waals surface area contributed by atoms with E-state index in [1.165, 1.54) is 11.3 Å². The van der Waals surface area contributed by atoms with E-state index in [1.54, 1.807) is 18.3 Å². The molecular weight excluding hydrogens is 481 g/mol. The summed E-state index contributed by atoms with van der Waals surface area (Å²) in [6.07, 6.45) is 1.28. The molecule has 0 saturated carbocycles. The number of aryl methyl sites for hydroxylation is 1. The average molecular weight is 507 g/mol. The molecule has 1 aromatic carbocycles. The molecule has 186 valence electrons. The summed E-state index contributed by atoms with van der Waals surface area (Å²) >= 11 is 1.51. The molecule has 1 amide bonds. The zero-order chi connectivity index (χ0) is 25.0. The van der Waals surface area contributed by atoms with Gasteiger partial charge in [-0.15, -0.1) is 11.3 Å². The average Bonchev–Trinajstić information content (AvgIpc) is 3.29. The Morgan fingerprint density at radius 2 is 1.89 bits per heavy atom. The Kier molecular flexibility index (Phi) is 7.66. The van der Waals surface area contributed by atoms with Crippen molar-refractivity contribution in [2.24, 2.45) is 0 Å². The number of rotatable bonds is 7. The van der Waals surface area contributed by atoms with Gasteiger partial charge < -0.3 is 14.8 Å². The molecule has 1 atom stereocenters. The van der Waals surface area contributed by atoms with Crippen LogP contribution in [-0.2, 0) is 10.9 Å². The van der Waals surface area contributed by atoms with Crippen LogP contribution in [0.3, 0.4) is 0 Å². The third-order valence-electron chi connectivity index (χ3n) is 5.55. The summed E-state index contributed by atoms with van der Waals surface area (Å²) in [6, 6.07) is 4.71. The monoisotopic (exact) mass is 506 g/mol. The number of halogens is 3. The van der Waals surface area contributed by atoms with Gasteiger partial charge in [0.05, 0.1) is 19.3 Å². The highest BCUT2D eigenvalue weighted by molar-refractivity contribution is 7.14. The Morgan fingerprint density at radius 3 is 2.49 bits per heavy atom. The molecule has 0 aliphatic carbocycles. The first kappa shape index (κ1) is 25.1. The number of hydrogen-bond donors (Lipinski definition) is 1. The lowest BCUT2D eigenvalue weighted by molar-refractivity contribution is -0.145. The molecule has 0 bridgehead atoms. The van der Waals surface area contributed by atoms with Crippen LogP contribution in [0.2, 0.25) is 0 Å². The van der Waals surface area contributed by atoms with Crippen LogP contribution >= 0.6 is 11.3 Å². The highest BCUT2D eigenvalue weighted by Crippen LogP contribution is 2.31. The maximum atomic E-state index is 13.2. The molecule has 1 saturated heterocycles. The Labute approximate surface area is 204 Å².